The molecule has 0 bridgehead atoms. The number of hydrogen-bond acceptors (Lipinski definition) is 2. The Morgan fingerprint density at radius 2 is 1.50 bits per heavy atom. The number of hydrogen-bond donors (Lipinski definition) is 0. The lowest BCUT2D eigenvalue weighted by Crippen LogP contribution is -2.03. The average molecular weight is 291 g/mol. The fraction of sp³-hybridized carbons (Fsp3) is 0.294. The van der Waals surface area contributed by atoms with E-state index in [0.29, 0.717) is 11.5 Å². The maximum absolute atomic E-state index is 6.62. The zero-order valence-corrected chi connectivity index (χ0v) is 12.7. The lowest BCUT2D eigenvalue weighted by molar-refractivity contribution is 0.354. The van der Waals surface area contributed by atoms with Gasteiger partial charge in [-0.25, -0.2) is 0 Å². The van der Waals surface area contributed by atoms with Crippen molar-refractivity contribution in [3.63, 3.8) is 0 Å². The molecule has 106 valence electrons. The van der Waals surface area contributed by atoms with Gasteiger partial charge in [0.25, 0.3) is 0 Å². The van der Waals surface area contributed by atoms with Crippen molar-refractivity contribution in [1.29, 1.82) is 0 Å². The van der Waals surface area contributed by atoms with E-state index in [4.69, 9.17) is 21.1 Å². The second kappa shape index (κ2) is 6.67. The van der Waals surface area contributed by atoms with Gasteiger partial charge in [0, 0.05) is 5.92 Å². The minimum absolute atomic E-state index is 0.114. The molecule has 2 nitrogen and oxygen atoms in total. The monoisotopic (exact) mass is 290 g/mol. The third-order valence-electron chi connectivity index (χ3n) is 3.49. The molecule has 0 N–H and O–H groups in total. The van der Waals surface area contributed by atoms with Crippen LogP contribution >= 0.6 is 11.6 Å². The second-order valence-corrected chi connectivity index (χ2v) is 5.19. The molecule has 0 radical (unpaired) electrons. The summed E-state index contributed by atoms with van der Waals surface area (Å²) in [5.41, 5.74) is 2.25. The van der Waals surface area contributed by atoms with Crippen molar-refractivity contribution in [2.45, 2.75) is 18.2 Å². The molecule has 0 fully saturated rings. The van der Waals surface area contributed by atoms with E-state index < -0.39 is 0 Å². The number of halogens is 1. The Balaban J connectivity index is 2.27. The third kappa shape index (κ3) is 3.07. The average Bonchev–Trinajstić information content (AvgIpc) is 2.53. The molecule has 0 saturated heterocycles. The normalized spacial score (nSPS) is 13.6. The lowest BCUT2D eigenvalue weighted by atomic mass is 9.93. The highest BCUT2D eigenvalue weighted by Crippen LogP contribution is 2.39. The predicted molar refractivity (Wildman–Crippen MR) is 83.0 cm³/mol. The van der Waals surface area contributed by atoms with Gasteiger partial charge < -0.3 is 9.47 Å². The van der Waals surface area contributed by atoms with Crippen molar-refractivity contribution in [2.75, 3.05) is 14.2 Å². The molecule has 3 heteroatoms. The van der Waals surface area contributed by atoms with Crippen molar-refractivity contribution in [3.8, 4) is 11.5 Å². The Labute approximate surface area is 125 Å². The summed E-state index contributed by atoms with van der Waals surface area (Å²) in [5.74, 6) is 1.64. The fourth-order valence-corrected chi connectivity index (χ4v) is 2.52. The Morgan fingerprint density at radius 1 is 0.850 bits per heavy atom. The Bertz CT molecular complexity index is 554. The maximum atomic E-state index is 6.62. The summed E-state index contributed by atoms with van der Waals surface area (Å²) < 4.78 is 10.6. The Morgan fingerprint density at radius 3 is 2.10 bits per heavy atom. The van der Waals surface area contributed by atoms with Gasteiger partial charge in [-0.05, 0) is 23.3 Å². The van der Waals surface area contributed by atoms with Crippen LogP contribution in [0.3, 0.4) is 0 Å². The number of alkyl halides is 1. The molecule has 2 atom stereocenters. The van der Waals surface area contributed by atoms with E-state index in [1.165, 1.54) is 5.56 Å². The molecule has 0 aromatic heterocycles. The van der Waals surface area contributed by atoms with E-state index >= 15 is 0 Å². The summed E-state index contributed by atoms with van der Waals surface area (Å²) in [4.78, 5) is 0. The van der Waals surface area contributed by atoms with Gasteiger partial charge in [0.05, 0.1) is 19.6 Å². The summed E-state index contributed by atoms with van der Waals surface area (Å²) in [7, 11) is 3.26. The van der Waals surface area contributed by atoms with Crippen molar-refractivity contribution in [3.05, 3.63) is 59.7 Å². The van der Waals surface area contributed by atoms with Gasteiger partial charge in [-0.2, -0.15) is 0 Å². The van der Waals surface area contributed by atoms with E-state index in [1.807, 2.05) is 36.4 Å². The summed E-state index contributed by atoms with van der Waals surface area (Å²) in [6.07, 6.45) is 0. The molecule has 0 aliphatic heterocycles. The van der Waals surface area contributed by atoms with Gasteiger partial charge in [0.1, 0.15) is 0 Å². The van der Waals surface area contributed by atoms with Gasteiger partial charge in [-0.1, -0.05) is 43.3 Å². The summed E-state index contributed by atoms with van der Waals surface area (Å²) in [6.45, 7) is 2.13. The van der Waals surface area contributed by atoms with Crippen LogP contribution in [0.5, 0.6) is 11.5 Å². The summed E-state index contributed by atoms with van der Waals surface area (Å²) in [6, 6.07) is 16.1. The second-order valence-electron chi connectivity index (χ2n) is 4.72. The molecule has 2 aromatic carbocycles. The Hall–Kier alpha value is -1.67. The SMILES string of the molecule is COc1ccc(C(Cl)C(C)c2ccccc2)cc1OC. The Kier molecular flexibility index (Phi) is 4.91. The third-order valence-corrected chi connectivity index (χ3v) is 4.12. The van der Waals surface area contributed by atoms with Crippen LogP contribution in [0.1, 0.15) is 29.3 Å². The number of benzene rings is 2. The zero-order valence-electron chi connectivity index (χ0n) is 12.0. The van der Waals surface area contributed by atoms with Gasteiger partial charge in [0.2, 0.25) is 0 Å². The highest BCUT2D eigenvalue weighted by Gasteiger charge is 2.19. The number of ether oxygens (including phenoxy) is 2. The molecular weight excluding hydrogens is 272 g/mol. The van der Waals surface area contributed by atoms with E-state index in [9.17, 15) is 0 Å². The molecule has 0 heterocycles. The van der Waals surface area contributed by atoms with E-state index in [1.54, 1.807) is 14.2 Å². The zero-order chi connectivity index (χ0) is 14.5. The highest BCUT2D eigenvalue weighted by molar-refractivity contribution is 6.21. The first-order chi connectivity index (χ1) is 9.67. The first-order valence-corrected chi connectivity index (χ1v) is 7.02. The molecular formula is C17H19ClO2. The molecule has 2 aromatic rings. The van der Waals surface area contributed by atoms with Crippen LogP contribution in [0.15, 0.2) is 48.5 Å². The van der Waals surface area contributed by atoms with Crippen LogP contribution in [-0.2, 0) is 0 Å². The molecule has 2 unspecified atom stereocenters. The van der Waals surface area contributed by atoms with E-state index in [0.717, 1.165) is 5.56 Å². The summed E-state index contributed by atoms with van der Waals surface area (Å²) in [5, 5.41) is -0.114. The largest absolute Gasteiger partial charge is 0.493 e. The molecule has 2 rings (SSSR count). The standard InChI is InChI=1S/C17H19ClO2/c1-12(13-7-5-4-6-8-13)17(18)14-9-10-15(19-2)16(11-14)20-3/h4-12,17H,1-3H3. The molecule has 0 saturated carbocycles. The van der Waals surface area contributed by atoms with Crippen LogP contribution in [0.25, 0.3) is 0 Å². The fourth-order valence-electron chi connectivity index (χ4n) is 2.24. The molecule has 0 spiro atoms. The van der Waals surface area contributed by atoms with Gasteiger partial charge >= 0.3 is 0 Å². The van der Waals surface area contributed by atoms with E-state index in [-0.39, 0.29) is 11.3 Å². The van der Waals surface area contributed by atoms with Gasteiger partial charge in [0.15, 0.2) is 11.5 Å². The molecule has 0 aliphatic carbocycles. The van der Waals surface area contributed by atoms with E-state index in [2.05, 4.69) is 19.1 Å². The number of methoxy groups -OCH3 is 2. The smallest absolute Gasteiger partial charge is 0.161 e. The van der Waals surface area contributed by atoms with Crippen molar-refractivity contribution in [1.82, 2.24) is 0 Å². The van der Waals surface area contributed by atoms with Crippen molar-refractivity contribution >= 4 is 11.6 Å². The topological polar surface area (TPSA) is 18.5 Å². The molecule has 0 aliphatic rings. The quantitative estimate of drug-likeness (QED) is 0.737. The van der Waals surface area contributed by atoms with Crippen LogP contribution in [0.2, 0.25) is 0 Å². The van der Waals surface area contributed by atoms with Gasteiger partial charge in [-0.15, -0.1) is 11.6 Å². The predicted octanol–water partition coefficient (Wildman–Crippen LogP) is 4.79. The first kappa shape index (κ1) is 14.7. The van der Waals surface area contributed by atoms with Crippen LogP contribution in [0.4, 0.5) is 0 Å². The molecule has 20 heavy (non-hydrogen) atoms. The van der Waals surface area contributed by atoms with Crippen LogP contribution < -0.4 is 9.47 Å². The van der Waals surface area contributed by atoms with Gasteiger partial charge in [-0.3, -0.25) is 0 Å². The lowest BCUT2D eigenvalue weighted by Gasteiger charge is -2.20. The van der Waals surface area contributed by atoms with Crippen LogP contribution in [-0.4, -0.2) is 14.2 Å². The van der Waals surface area contributed by atoms with Crippen LogP contribution in [0, 0.1) is 0 Å². The van der Waals surface area contributed by atoms with Crippen molar-refractivity contribution < 1.29 is 9.47 Å². The maximum Gasteiger partial charge on any atom is 0.161 e. The highest BCUT2D eigenvalue weighted by atomic mass is 35.5. The minimum atomic E-state index is -0.114. The minimum Gasteiger partial charge on any atom is -0.493 e. The van der Waals surface area contributed by atoms with Crippen molar-refractivity contribution in [2.24, 2.45) is 0 Å². The number of rotatable bonds is 5. The molecule has 0 amide bonds. The summed E-state index contributed by atoms with van der Waals surface area (Å²) >= 11 is 6.62. The first-order valence-electron chi connectivity index (χ1n) is 6.58.